The average molecular weight is 414 g/mol. The topological polar surface area (TPSA) is 97.4 Å². The van der Waals surface area contributed by atoms with Crippen LogP contribution < -0.4 is 16.0 Å². The number of para-hydroxylation sites is 2. The minimum atomic E-state index is -0.779. The predicted molar refractivity (Wildman–Crippen MR) is 112 cm³/mol. The number of rotatable bonds is 7. The molecule has 1 atom stereocenters. The van der Waals surface area contributed by atoms with Gasteiger partial charge in [-0.3, -0.25) is 9.36 Å². The normalized spacial score (nSPS) is 12.3. The quantitative estimate of drug-likeness (QED) is 0.550. The zero-order valence-electron chi connectivity index (χ0n) is 17.8. The van der Waals surface area contributed by atoms with Gasteiger partial charge in [0.2, 0.25) is 0 Å². The van der Waals surface area contributed by atoms with Crippen molar-refractivity contribution >= 4 is 17.1 Å². The minimum absolute atomic E-state index is 0.0535. The molecule has 0 aliphatic heterocycles. The zero-order chi connectivity index (χ0) is 22.0. The van der Waals surface area contributed by atoms with Gasteiger partial charge in [-0.2, -0.15) is 0 Å². The lowest BCUT2D eigenvalue weighted by atomic mass is 10.2. The molecular formula is C21H26N4O5. The van der Waals surface area contributed by atoms with Crippen molar-refractivity contribution in [1.82, 2.24) is 18.7 Å². The Bertz CT molecular complexity index is 1190. The van der Waals surface area contributed by atoms with E-state index in [4.69, 9.17) is 9.47 Å². The maximum atomic E-state index is 13.4. The molecule has 2 heterocycles. The standard InChI is InChI=1S/C21H26N4O5/c1-6-30-20(27)14(4)24-12-22-18-17(24)19(26)23(11-13(2)3)21(28)25(18)15-9-7-8-10-16(15)29-5/h7-10,12-14H,6,11H2,1-5H3. The van der Waals surface area contributed by atoms with Crippen LogP contribution in [0.4, 0.5) is 0 Å². The summed E-state index contributed by atoms with van der Waals surface area (Å²) in [6, 6.07) is 6.22. The van der Waals surface area contributed by atoms with Crippen LogP contribution in [0.25, 0.3) is 16.9 Å². The van der Waals surface area contributed by atoms with Gasteiger partial charge in [0.15, 0.2) is 11.2 Å². The number of ether oxygens (including phenoxy) is 2. The summed E-state index contributed by atoms with van der Waals surface area (Å²) in [5.41, 5.74) is -0.239. The summed E-state index contributed by atoms with van der Waals surface area (Å²) in [6.07, 6.45) is 1.39. The molecule has 3 rings (SSSR count). The van der Waals surface area contributed by atoms with Crippen LogP contribution >= 0.6 is 0 Å². The fraction of sp³-hybridized carbons (Fsp3) is 0.429. The van der Waals surface area contributed by atoms with Crippen LogP contribution in [0.2, 0.25) is 0 Å². The Kier molecular flexibility index (Phi) is 6.09. The van der Waals surface area contributed by atoms with Crippen LogP contribution in [0.5, 0.6) is 5.75 Å². The number of nitrogens with zero attached hydrogens (tertiary/aromatic N) is 4. The summed E-state index contributed by atoms with van der Waals surface area (Å²) in [5.74, 6) is 0.0307. The van der Waals surface area contributed by atoms with Gasteiger partial charge >= 0.3 is 11.7 Å². The highest BCUT2D eigenvalue weighted by atomic mass is 16.5. The highest BCUT2D eigenvalue weighted by molar-refractivity contribution is 5.79. The fourth-order valence-electron chi connectivity index (χ4n) is 3.37. The van der Waals surface area contributed by atoms with Gasteiger partial charge in [0.05, 0.1) is 25.7 Å². The summed E-state index contributed by atoms with van der Waals surface area (Å²) in [7, 11) is 1.51. The minimum Gasteiger partial charge on any atom is -0.495 e. The van der Waals surface area contributed by atoms with Gasteiger partial charge < -0.3 is 14.0 Å². The number of hydrogen-bond acceptors (Lipinski definition) is 6. The Morgan fingerprint density at radius 3 is 2.50 bits per heavy atom. The highest BCUT2D eigenvalue weighted by Gasteiger charge is 2.25. The molecule has 0 radical (unpaired) electrons. The monoisotopic (exact) mass is 414 g/mol. The second kappa shape index (κ2) is 8.56. The molecule has 9 nitrogen and oxygen atoms in total. The van der Waals surface area contributed by atoms with Crippen molar-refractivity contribution in [2.45, 2.75) is 40.3 Å². The summed E-state index contributed by atoms with van der Waals surface area (Å²) >= 11 is 0. The number of benzene rings is 1. The van der Waals surface area contributed by atoms with Gasteiger partial charge in [0.25, 0.3) is 5.56 Å². The summed E-state index contributed by atoms with van der Waals surface area (Å²) in [4.78, 5) is 43.3. The molecule has 0 spiro atoms. The molecule has 0 bridgehead atoms. The maximum Gasteiger partial charge on any atom is 0.337 e. The number of esters is 1. The molecule has 1 aromatic carbocycles. The Morgan fingerprint density at radius 2 is 1.87 bits per heavy atom. The molecule has 0 amide bonds. The van der Waals surface area contributed by atoms with Crippen LogP contribution in [0.3, 0.4) is 0 Å². The molecular weight excluding hydrogens is 388 g/mol. The van der Waals surface area contributed by atoms with Gasteiger partial charge in [0.1, 0.15) is 11.8 Å². The van der Waals surface area contributed by atoms with E-state index in [2.05, 4.69) is 4.98 Å². The van der Waals surface area contributed by atoms with Crippen molar-refractivity contribution in [3.8, 4) is 11.4 Å². The lowest BCUT2D eigenvalue weighted by Gasteiger charge is -2.17. The Balaban J connectivity index is 2.41. The third-order valence-corrected chi connectivity index (χ3v) is 4.77. The highest BCUT2D eigenvalue weighted by Crippen LogP contribution is 2.24. The first-order chi connectivity index (χ1) is 14.3. The molecule has 0 saturated carbocycles. The van der Waals surface area contributed by atoms with Crippen molar-refractivity contribution in [1.29, 1.82) is 0 Å². The van der Waals surface area contributed by atoms with Crippen molar-refractivity contribution < 1.29 is 14.3 Å². The van der Waals surface area contributed by atoms with E-state index in [1.165, 1.54) is 27.1 Å². The van der Waals surface area contributed by atoms with Gasteiger partial charge in [0, 0.05) is 6.54 Å². The van der Waals surface area contributed by atoms with Crippen LogP contribution in [0.15, 0.2) is 40.2 Å². The molecule has 0 N–H and O–H groups in total. The van der Waals surface area contributed by atoms with Crippen molar-refractivity contribution in [2.75, 3.05) is 13.7 Å². The molecule has 0 aliphatic rings. The molecule has 9 heteroatoms. The van der Waals surface area contributed by atoms with Crippen LogP contribution in [0, 0.1) is 5.92 Å². The van der Waals surface area contributed by atoms with Crippen LogP contribution in [0.1, 0.15) is 33.7 Å². The Labute approximate surface area is 173 Å². The lowest BCUT2D eigenvalue weighted by Crippen LogP contribution is -2.41. The van der Waals surface area contributed by atoms with Gasteiger partial charge in [-0.15, -0.1) is 0 Å². The number of methoxy groups -OCH3 is 1. The SMILES string of the molecule is CCOC(=O)C(C)n1cnc2c1c(=O)n(CC(C)C)c(=O)n2-c1ccccc1OC. The number of fused-ring (bicyclic) bond motifs is 1. The number of imidazole rings is 1. The number of carbonyl (C=O) groups excluding carboxylic acids is 1. The van der Waals surface area contributed by atoms with E-state index in [1.54, 1.807) is 38.1 Å². The largest absolute Gasteiger partial charge is 0.495 e. The lowest BCUT2D eigenvalue weighted by molar-refractivity contribution is -0.146. The van der Waals surface area contributed by atoms with Gasteiger partial charge in [-0.1, -0.05) is 26.0 Å². The molecule has 1 unspecified atom stereocenters. The van der Waals surface area contributed by atoms with Crippen molar-refractivity contribution in [3.63, 3.8) is 0 Å². The molecule has 2 aromatic heterocycles. The fourth-order valence-corrected chi connectivity index (χ4v) is 3.37. The third-order valence-electron chi connectivity index (χ3n) is 4.77. The smallest absolute Gasteiger partial charge is 0.337 e. The average Bonchev–Trinajstić information content (AvgIpc) is 3.15. The van der Waals surface area contributed by atoms with E-state index in [0.717, 1.165) is 0 Å². The Morgan fingerprint density at radius 1 is 1.17 bits per heavy atom. The number of hydrogen-bond donors (Lipinski definition) is 0. The van der Waals surface area contributed by atoms with E-state index in [0.29, 0.717) is 11.4 Å². The number of carbonyl (C=O) groups is 1. The van der Waals surface area contributed by atoms with Crippen LogP contribution in [-0.4, -0.2) is 38.4 Å². The predicted octanol–water partition coefficient (Wildman–Crippen LogP) is 2.14. The second-order valence-corrected chi connectivity index (χ2v) is 7.35. The Hall–Kier alpha value is -3.36. The molecule has 0 saturated heterocycles. The van der Waals surface area contributed by atoms with E-state index in [9.17, 15) is 14.4 Å². The van der Waals surface area contributed by atoms with Gasteiger partial charge in [-0.25, -0.2) is 19.1 Å². The summed E-state index contributed by atoms with van der Waals surface area (Å²) < 4.78 is 14.5. The third kappa shape index (κ3) is 3.62. The zero-order valence-corrected chi connectivity index (χ0v) is 17.8. The second-order valence-electron chi connectivity index (χ2n) is 7.35. The van der Waals surface area contributed by atoms with E-state index >= 15 is 0 Å². The molecule has 0 aliphatic carbocycles. The molecule has 0 fully saturated rings. The first-order valence-electron chi connectivity index (χ1n) is 9.84. The molecule has 30 heavy (non-hydrogen) atoms. The van der Waals surface area contributed by atoms with Crippen molar-refractivity contribution in [3.05, 3.63) is 51.4 Å². The molecule has 3 aromatic rings. The summed E-state index contributed by atoms with van der Waals surface area (Å²) in [6.45, 7) is 7.63. The molecule has 160 valence electrons. The van der Waals surface area contributed by atoms with Crippen molar-refractivity contribution in [2.24, 2.45) is 5.92 Å². The van der Waals surface area contributed by atoms with Crippen LogP contribution in [-0.2, 0) is 16.1 Å². The first kappa shape index (κ1) is 21.4. The van der Waals surface area contributed by atoms with E-state index in [1.807, 2.05) is 13.8 Å². The summed E-state index contributed by atoms with van der Waals surface area (Å²) in [5, 5.41) is 0. The first-order valence-corrected chi connectivity index (χ1v) is 9.84. The number of aromatic nitrogens is 4. The van der Waals surface area contributed by atoms with E-state index in [-0.39, 0.29) is 30.2 Å². The van der Waals surface area contributed by atoms with E-state index < -0.39 is 23.3 Å². The maximum absolute atomic E-state index is 13.4. The van der Waals surface area contributed by atoms with Gasteiger partial charge in [-0.05, 0) is 31.9 Å².